The van der Waals surface area contributed by atoms with E-state index in [2.05, 4.69) is 13.8 Å². The highest BCUT2D eigenvalue weighted by Gasteiger charge is 2.20. The molecule has 3 nitrogen and oxygen atoms in total. The molecule has 0 fully saturated rings. The molecule has 92 valence electrons. The molecule has 0 amide bonds. The summed E-state index contributed by atoms with van der Waals surface area (Å²) in [4.78, 5) is 0. The summed E-state index contributed by atoms with van der Waals surface area (Å²) in [5, 5.41) is 9.51. The summed E-state index contributed by atoms with van der Waals surface area (Å²) >= 11 is 1.85. The Kier molecular flexibility index (Phi) is 8.52. The van der Waals surface area contributed by atoms with Gasteiger partial charge in [0.2, 0.25) is 0 Å². The first-order chi connectivity index (χ1) is 6.98. The number of thioether (sulfide) groups is 1. The normalized spacial score (nSPS) is 15.6. The minimum atomic E-state index is -1.42. The van der Waals surface area contributed by atoms with Gasteiger partial charge in [0.05, 0.1) is 6.61 Å². The Morgan fingerprint density at radius 2 is 1.93 bits per heavy atom. The van der Waals surface area contributed by atoms with Crippen molar-refractivity contribution in [3.8, 4) is 0 Å². The second-order valence-electron chi connectivity index (χ2n) is 3.97. The topological polar surface area (TPSA) is 38.7 Å². The summed E-state index contributed by atoms with van der Waals surface area (Å²) in [7, 11) is 0. The van der Waals surface area contributed by atoms with E-state index < -0.39 is 5.97 Å². The predicted octanol–water partition coefficient (Wildman–Crippen LogP) is 2.48. The Balaban J connectivity index is 3.30. The third kappa shape index (κ3) is 10.5. The lowest BCUT2D eigenvalue weighted by Gasteiger charge is -2.22. The first-order valence-corrected chi connectivity index (χ1v) is 6.71. The zero-order chi connectivity index (χ0) is 11.7. The maximum absolute atomic E-state index is 9.51. The van der Waals surface area contributed by atoms with Crippen molar-refractivity contribution in [3.05, 3.63) is 0 Å². The molecule has 1 atom stereocenters. The molecule has 0 aliphatic carbocycles. The molecule has 0 bridgehead atoms. The molecule has 0 aliphatic heterocycles. The van der Waals surface area contributed by atoms with Crippen molar-refractivity contribution in [1.29, 1.82) is 0 Å². The molecule has 1 unspecified atom stereocenters. The molecule has 0 aromatic carbocycles. The van der Waals surface area contributed by atoms with Gasteiger partial charge in [-0.05, 0) is 25.0 Å². The van der Waals surface area contributed by atoms with Gasteiger partial charge in [0.15, 0.2) is 0 Å². The van der Waals surface area contributed by atoms with Crippen LogP contribution in [0.15, 0.2) is 0 Å². The standard InChI is InChI=1S/C11H24O3S/c1-5-13-11(4,12)14-7-9-15-8-6-10(2)3/h10,12H,5-9H2,1-4H3. The average Bonchev–Trinajstić information content (AvgIpc) is 2.10. The van der Waals surface area contributed by atoms with E-state index in [0.717, 1.165) is 17.4 Å². The van der Waals surface area contributed by atoms with Crippen LogP contribution in [0.4, 0.5) is 0 Å². The molecular weight excluding hydrogens is 212 g/mol. The summed E-state index contributed by atoms with van der Waals surface area (Å²) in [6, 6.07) is 0. The Morgan fingerprint density at radius 3 is 2.47 bits per heavy atom. The van der Waals surface area contributed by atoms with Crippen LogP contribution in [0.1, 0.15) is 34.1 Å². The zero-order valence-electron chi connectivity index (χ0n) is 10.3. The SMILES string of the molecule is CCOC(C)(O)OCCSCCC(C)C. The van der Waals surface area contributed by atoms with Gasteiger partial charge in [0, 0.05) is 19.3 Å². The predicted molar refractivity (Wildman–Crippen MR) is 65.0 cm³/mol. The number of hydrogen-bond donors (Lipinski definition) is 1. The summed E-state index contributed by atoms with van der Waals surface area (Å²) in [6.45, 7) is 8.77. The highest BCUT2D eigenvalue weighted by atomic mass is 32.2. The van der Waals surface area contributed by atoms with E-state index in [1.54, 1.807) is 0 Å². The molecule has 0 saturated heterocycles. The Labute approximate surface area is 97.5 Å². The van der Waals surface area contributed by atoms with E-state index in [4.69, 9.17) is 9.47 Å². The van der Waals surface area contributed by atoms with Crippen molar-refractivity contribution >= 4 is 11.8 Å². The van der Waals surface area contributed by atoms with Crippen LogP contribution in [0, 0.1) is 5.92 Å². The Bertz CT molecular complexity index is 149. The van der Waals surface area contributed by atoms with Crippen LogP contribution in [0.5, 0.6) is 0 Å². The molecule has 0 saturated carbocycles. The quantitative estimate of drug-likeness (QED) is 0.493. The molecule has 0 aliphatic rings. The van der Waals surface area contributed by atoms with Crippen molar-refractivity contribution in [1.82, 2.24) is 0 Å². The van der Waals surface area contributed by atoms with E-state index in [0.29, 0.717) is 13.2 Å². The Hall–Kier alpha value is 0.230. The fourth-order valence-electron chi connectivity index (χ4n) is 1.02. The number of aliphatic hydroxyl groups is 1. The van der Waals surface area contributed by atoms with Gasteiger partial charge in [0.1, 0.15) is 0 Å². The van der Waals surface area contributed by atoms with Crippen molar-refractivity contribution < 1.29 is 14.6 Å². The Morgan fingerprint density at radius 1 is 1.27 bits per heavy atom. The highest BCUT2D eigenvalue weighted by molar-refractivity contribution is 7.99. The van der Waals surface area contributed by atoms with Crippen LogP contribution < -0.4 is 0 Å². The van der Waals surface area contributed by atoms with Gasteiger partial charge in [-0.3, -0.25) is 0 Å². The second kappa shape index (κ2) is 8.39. The lowest BCUT2D eigenvalue weighted by atomic mass is 10.2. The maximum Gasteiger partial charge on any atom is 0.277 e. The molecule has 0 rings (SSSR count). The molecule has 0 spiro atoms. The van der Waals surface area contributed by atoms with Crippen LogP contribution >= 0.6 is 11.8 Å². The third-order valence-electron chi connectivity index (χ3n) is 1.85. The molecule has 0 aromatic rings. The van der Waals surface area contributed by atoms with Crippen LogP contribution in [0.3, 0.4) is 0 Å². The van der Waals surface area contributed by atoms with Gasteiger partial charge in [-0.15, -0.1) is 0 Å². The minimum absolute atomic E-state index is 0.452. The van der Waals surface area contributed by atoms with Crippen molar-refractivity contribution in [2.24, 2.45) is 5.92 Å². The van der Waals surface area contributed by atoms with Gasteiger partial charge >= 0.3 is 0 Å². The van der Waals surface area contributed by atoms with Crippen molar-refractivity contribution in [2.75, 3.05) is 24.7 Å². The summed E-state index contributed by atoms with van der Waals surface area (Å²) in [5.41, 5.74) is 0. The molecular formula is C11H24O3S. The molecule has 1 N–H and O–H groups in total. The molecule has 15 heavy (non-hydrogen) atoms. The van der Waals surface area contributed by atoms with E-state index in [1.165, 1.54) is 13.3 Å². The second-order valence-corrected chi connectivity index (χ2v) is 5.20. The van der Waals surface area contributed by atoms with Crippen LogP contribution in [-0.4, -0.2) is 35.8 Å². The third-order valence-corrected chi connectivity index (χ3v) is 2.83. The molecule has 4 heteroatoms. The van der Waals surface area contributed by atoms with Gasteiger partial charge < -0.3 is 14.6 Å². The zero-order valence-corrected chi connectivity index (χ0v) is 11.1. The van der Waals surface area contributed by atoms with Gasteiger partial charge in [-0.25, -0.2) is 0 Å². The number of rotatable bonds is 9. The van der Waals surface area contributed by atoms with Crippen LogP contribution in [0.25, 0.3) is 0 Å². The fourth-order valence-corrected chi connectivity index (χ4v) is 2.06. The summed E-state index contributed by atoms with van der Waals surface area (Å²) in [5.74, 6) is 1.38. The van der Waals surface area contributed by atoms with Gasteiger partial charge in [0.25, 0.3) is 5.97 Å². The first-order valence-electron chi connectivity index (χ1n) is 5.56. The lowest BCUT2D eigenvalue weighted by molar-refractivity contribution is -0.345. The summed E-state index contributed by atoms with van der Waals surface area (Å²) < 4.78 is 10.2. The largest absolute Gasteiger partial charge is 0.344 e. The van der Waals surface area contributed by atoms with Crippen molar-refractivity contribution in [3.63, 3.8) is 0 Å². The fraction of sp³-hybridized carbons (Fsp3) is 1.00. The van der Waals surface area contributed by atoms with Gasteiger partial charge in [-0.1, -0.05) is 13.8 Å². The van der Waals surface area contributed by atoms with E-state index in [1.807, 2.05) is 18.7 Å². The smallest absolute Gasteiger partial charge is 0.277 e. The molecule has 0 radical (unpaired) electrons. The molecule has 0 heterocycles. The number of ether oxygens (including phenoxy) is 2. The lowest BCUT2D eigenvalue weighted by Crippen LogP contribution is -2.32. The van der Waals surface area contributed by atoms with E-state index >= 15 is 0 Å². The van der Waals surface area contributed by atoms with Crippen LogP contribution in [-0.2, 0) is 9.47 Å². The van der Waals surface area contributed by atoms with Crippen LogP contribution in [0.2, 0.25) is 0 Å². The molecule has 0 aromatic heterocycles. The summed E-state index contributed by atoms with van der Waals surface area (Å²) in [6.07, 6.45) is 1.23. The van der Waals surface area contributed by atoms with Gasteiger partial charge in [-0.2, -0.15) is 11.8 Å². The monoisotopic (exact) mass is 236 g/mol. The van der Waals surface area contributed by atoms with E-state index in [9.17, 15) is 5.11 Å². The maximum atomic E-state index is 9.51. The number of hydrogen-bond acceptors (Lipinski definition) is 4. The average molecular weight is 236 g/mol. The first kappa shape index (κ1) is 15.2. The van der Waals surface area contributed by atoms with E-state index in [-0.39, 0.29) is 0 Å². The minimum Gasteiger partial charge on any atom is -0.344 e. The highest BCUT2D eigenvalue weighted by Crippen LogP contribution is 2.11. The van der Waals surface area contributed by atoms with Crippen molar-refractivity contribution in [2.45, 2.75) is 40.1 Å².